The number of carboxylic acids is 1. The van der Waals surface area contributed by atoms with Gasteiger partial charge < -0.3 is 20.3 Å². The van der Waals surface area contributed by atoms with Crippen molar-refractivity contribution in [1.82, 2.24) is 8.75 Å². The molecular weight excluding hydrogens is 408 g/mol. The summed E-state index contributed by atoms with van der Waals surface area (Å²) in [6, 6.07) is -1.17. The fourth-order valence-electron chi connectivity index (χ4n) is 3.37. The van der Waals surface area contributed by atoms with Crippen LogP contribution in [0.25, 0.3) is 5.57 Å². The maximum Gasteiger partial charge on any atom is 0.328 e. The van der Waals surface area contributed by atoms with Gasteiger partial charge in [-0.1, -0.05) is 32.3 Å². The van der Waals surface area contributed by atoms with E-state index in [0.29, 0.717) is 23.5 Å². The van der Waals surface area contributed by atoms with Gasteiger partial charge in [-0.3, -0.25) is 14.1 Å². The largest absolute Gasteiger partial charge is 0.481 e. The molecule has 0 aliphatic carbocycles. The first-order valence-electron chi connectivity index (χ1n) is 10.4. The molecule has 1 unspecified atom stereocenters. The average Bonchev–Trinajstić information content (AvgIpc) is 3.16. The molecular formula is C20H33N4O5S+. The number of carboxylic acid groups (broad SMARTS) is 1. The summed E-state index contributed by atoms with van der Waals surface area (Å²) >= 11 is 1.13. The SMILES string of the molecule is CCCCCCOc1nsnc1C1=CCC[N+](C)([C@H](C)OC(=O)[C@@H](N)CC(=O)O)C1. The molecule has 0 spiro atoms. The molecule has 0 saturated carbocycles. The zero-order chi connectivity index (χ0) is 22.1. The second-order valence-corrected chi connectivity index (χ2v) is 8.48. The zero-order valence-electron chi connectivity index (χ0n) is 18.0. The Labute approximate surface area is 181 Å². The predicted octanol–water partition coefficient (Wildman–Crippen LogP) is 2.42. The Morgan fingerprint density at radius 3 is 2.80 bits per heavy atom. The Kier molecular flexibility index (Phi) is 9.19. The van der Waals surface area contributed by atoms with Crippen LogP contribution in [0.4, 0.5) is 0 Å². The third kappa shape index (κ3) is 6.75. The van der Waals surface area contributed by atoms with E-state index < -0.39 is 30.6 Å². The molecule has 2 heterocycles. The van der Waals surface area contributed by atoms with Gasteiger partial charge in [0.1, 0.15) is 18.3 Å². The zero-order valence-corrected chi connectivity index (χ0v) is 18.8. The molecule has 168 valence electrons. The Bertz CT molecular complexity index is 753. The van der Waals surface area contributed by atoms with Crippen molar-refractivity contribution in [3.05, 3.63) is 11.8 Å². The first kappa shape index (κ1) is 24.2. The van der Waals surface area contributed by atoms with Gasteiger partial charge >= 0.3 is 11.9 Å². The summed E-state index contributed by atoms with van der Waals surface area (Å²) in [5.74, 6) is -1.27. The quantitative estimate of drug-likeness (QED) is 0.288. The summed E-state index contributed by atoms with van der Waals surface area (Å²) in [6.07, 6.45) is 6.48. The van der Waals surface area contributed by atoms with Gasteiger partial charge in [-0.15, -0.1) is 4.37 Å². The maximum absolute atomic E-state index is 12.2. The number of carbonyl (C=O) groups excluding carboxylic acids is 1. The molecule has 10 heteroatoms. The molecule has 3 N–H and O–H groups in total. The van der Waals surface area contributed by atoms with Crippen molar-refractivity contribution in [3.63, 3.8) is 0 Å². The Hall–Kier alpha value is -2.04. The number of hydrogen-bond acceptors (Lipinski definition) is 8. The molecule has 1 aromatic heterocycles. The minimum absolute atomic E-state index is 0.449. The van der Waals surface area contributed by atoms with E-state index in [2.05, 4.69) is 21.7 Å². The number of rotatable bonds is 12. The minimum atomic E-state index is -1.17. The molecule has 2 rings (SSSR count). The standard InChI is InChI=1S/C20H32N4O5S/c1-4-5-6-7-11-28-19-18(22-30-23-19)15-9-8-10-24(3,13-15)14(2)29-20(27)16(21)12-17(25)26/h9,14,16H,4-8,10-13,21H2,1-3H3/p+1/t14-,16-,24?/m0/s1. The van der Waals surface area contributed by atoms with Crippen molar-refractivity contribution in [3.8, 4) is 5.88 Å². The number of esters is 1. The van der Waals surface area contributed by atoms with Crippen molar-refractivity contribution in [2.75, 3.05) is 26.7 Å². The molecule has 0 bridgehead atoms. The van der Waals surface area contributed by atoms with Gasteiger partial charge in [0.2, 0.25) is 6.23 Å². The highest BCUT2D eigenvalue weighted by molar-refractivity contribution is 6.99. The van der Waals surface area contributed by atoms with Gasteiger partial charge in [0.15, 0.2) is 0 Å². The first-order valence-corrected chi connectivity index (χ1v) is 11.2. The van der Waals surface area contributed by atoms with Crippen LogP contribution < -0.4 is 10.5 Å². The smallest absolute Gasteiger partial charge is 0.328 e. The number of aromatic nitrogens is 2. The lowest BCUT2D eigenvalue weighted by Crippen LogP contribution is -2.56. The lowest BCUT2D eigenvalue weighted by Gasteiger charge is -2.41. The molecule has 0 aromatic carbocycles. The highest BCUT2D eigenvalue weighted by atomic mass is 32.1. The summed E-state index contributed by atoms with van der Waals surface area (Å²) in [6.45, 7) is 5.97. The Morgan fingerprint density at radius 1 is 1.33 bits per heavy atom. The van der Waals surface area contributed by atoms with Crippen LogP contribution >= 0.6 is 11.7 Å². The van der Waals surface area contributed by atoms with Crippen LogP contribution in [0.15, 0.2) is 6.08 Å². The van der Waals surface area contributed by atoms with Crippen LogP contribution in [-0.2, 0) is 14.3 Å². The number of nitrogens with two attached hydrogens (primary N) is 1. The predicted molar refractivity (Wildman–Crippen MR) is 114 cm³/mol. The van der Waals surface area contributed by atoms with E-state index in [1.165, 1.54) is 12.8 Å². The molecule has 0 radical (unpaired) electrons. The van der Waals surface area contributed by atoms with Gasteiger partial charge in [0.25, 0.3) is 5.88 Å². The monoisotopic (exact) mass is 441 g/mol. The Balaban J connectivity index is 1.99. The molecule has 0 fully saturated rings. The molecule has 3 atom stereocenters. The molecule has 1 aromatic rings. The lowest BCUT2D eigenvalue weighted by atomic mass is 10.0. The number of likely N-dealkylation sites (N-methyl/N-ethyl adjacent to an activating group) is 1. The van der Waals surface area contributed by atoms with Crippen molar-refractivity contribution in [2.45, 2.75) is 64.6 Å². The average molecular weight is 442 g/mol. The van der Waals surface area contributed by atoms with Gasteiger partial charge in [0, 0.05) is 18.9 Å². The van der Waals surface area contributed by atoms with E-state index in [1.807, 2.05) is 7.05 Å². The van der Waals surface area contributed by atoms with Crippen LogP contribution in [0.1, 0.15) is 58.1 Å². The van der Waals surface area contributed by atoms with Crippen LogP contribution in [0, 0.1) is 0 Å². The maximum atomic E-state index is 12.2. The second kappa shape index (κ2) is 11.4. The van der Waals surface area contributed by atoms with E-state index in [0.717, 1.165) is 48.8 Å². The van der Waals surface area contributed by atoms with Crippen LogP contribution in [0.3, 0.4) is 0 Å². The van der Waals surface area contributed by atoms with Crippen molar-refractivity contribution in [2.24, 2.45) is 5.73 Å². The molecule has 0 saturated heterocycles. The molecule has 0 amide bonds. The van der Waals surface area contributed by atoms with Crippen LogP contribution in [-0.4, -0.2) is 69.3 Å². The molecule has 30 heavy (non-hydrogen) atoms. The number of quaternary nitrogens is 1. The van der Waals surface area contributed by atoms with Gasteiger partial charge in [-0.2, -0.15) is 4.37 Å². The van der Waals surface area contributed by atoms with E-state index >= 15 is 0 Å². The van der Waals surface area contributed by atoms with E-state index in [9.17, 15) is 9.59 Å². The number of ether oxygens (including phenoxy) is 2. The van der Waals surface area contributed by atoms with Crippen LogP contribution in [0.5, 0.6) is 5.88 Å². The highest BCUT2D eigenvalue weighted by Crippen LogP contribution is 2.31. The summed E-state index contributed by atoms with van der Waals surface area (Å²) in [7, 11) is 2.00. The molecule has 1 aliphatic heterocycles. The van der Waals surface area contributed by atoms with Gasteiger partial charge in [-0.25, -0.2) is 0 Å². The van der Waals surface area contributed by atoms with Gasteiger partial charge in [-0.05, 0) is 6.42 Å². The molecule has 1 aliphatic rings. The summed E-state index contributed by atoms with van der Waals surface area (Å²) in [5, 5.41) is 8.81. The summed E-state index contributed by atoms with van der Waals surface area (Å²) in [4.78, 5) is 22.9. The van der Waals surface area contributed by atoms with Crippen molar-refractivity contribution >= 4 is 29.2 Å². The van der Waals surface area contributed by atoms with E-state index in [4.69, 9.17) is 20.3 Å². The topological polar surface area (TPSA) is 125 Å². The fourth-order valence-corrected chi connectivity index (χ4v) is 3.90. The normalized spacial score (nSPS) is 20.9. The number of carbonyl (C=O) groups is 2. The third-order valence-electron chi connectivity index (χ3n) is 5.42. The van der Waals surface area contributed by atoms with Crippen molar-refractivity contribution in [1.29, 1.82) is 0 Å². The summed E-state index contributed by atoms with van der Waals surface area (Å²) in [5.41, 5.74) is 7.40. The highest BCUT2D eigenvalue weighted by Gasteiger charge is 2.37. The van der Waals surface area contributed by atoms with Gasteiger partial charge in [0.05, 0.1) is 38.3 Å². The van der Waals surface area contributed by atoms with E-state index in [1.54, 1.807) is 6.92 Å². The lowest BCUT2D eigenvalue weighted by molar-refractivity contribution is -0.944. The third-order valence-corrected chi connectivity index (χ3v) is 5.93. The minimum Gasteiger partial charge on any atom is -0.481 e. The molecule has 9 nitrogen and oxygen atoms in total. The number of aliphatic carboxylic acids is 1. The summed E-state index contributed by atoms with van der Waals surface area (Å²) < 4.78 is 20.6. The van der Waals surface area contributed by atoms with Crippen LogP contribution in [0.2, 0.25) is 0 Å². The Morgan fingerprint density at radius 2 is 2.10 bits per heavy atom. The first-order chi connectivity index (χ1) is 14.3. The van der Waals surface area contributed by atoms with E-state index in [-0.39, 0.29) is 0 Å². The number of hydrogen-bond donors (Lipinski definition) is 2. The second-order valence-electron chi connectivity index (χ2n) is 7.95. The van der Waals surface area contributed by atoms with Crippen molar-refractivity contribution < 1.29 is 28.7 Å². The number of unbranched alkanes of at least 4 members (excludes halogenated alkanes) is 3. The number of nitrogens with zero attached hydrogens (tertiary/aromatic N) is 3. The fraction of sp³-hybridized carbons (Fsp3) is 0.700.